The number of fused-ring (bicyclic) bond motifs is 1. The number of amides is 1. The van der Waals surface area contributed by atoms with Crippen molar-refractivity contribution in [3.05, 3.63) is 69.8 Å². The van der Waals surface area contributed by atoms with Gasteiger partial charge < -0.3 is 19.6 Å². The van der Waals surface area contributed by atoms with Gasteiger partial charge in [0.1, 0.15) is 17.1 Å². The highest BCUT2D eigenvalue weighted by atomic mass is 32.1. The summed E-state index contributed by atoms with van der Waals surface area (Å²) >= 11 is 1.40. The topological polar surface area (TPSA) is 92.4 Å². The first kappa shape index (κ1) is 19.1. The van der Waals surface area contributed by atoms with Crippen LogP contribution >= 0.6 is 11.3 Å². The molecule has 1 unspecified atom stereocenters. The Bertz CT molecular complexity index is 1190. The largest absolute Gasteiger partial charge is 0.464 e. The van der Waals surface area contributed by atoms with Gasteiger partial charge in [-0.15, -0.1) is 11.3 Å². The number of carbonyl (C=O) groups excluding carboxylic acids is 1. The van der Waals surface area contributed by atoms with Gasteiger partial charge in [0.2, 0.25) is 0 Å². The fourth-order valence-electron chi connectivity index (χ4n) is 3.15. The Labute approximate surface area is 171 Å². The Morgan fingerprint density at radius 2 is 2.07 bits per heavy atom. The van der Waals surface area contributed by atoms with E-state index in [1.807, 2.05) is 49.7 Å². The van der Waals surface area contributed by atoms with E-state index in [1.165, 1.54) is 11.3 Å². The molecule has 8 heteroatoms. The molecule has 0 saturated carbocycles. The molecule has 0 bridgehead atoms. The van der Waals surface area contributed by atoms with Gasteiger partial charge in [-0.2, -0.15) is 0 Å². The van der Waals surface area contributed by atoms with E-state index in [1.54, 1.807) is 12.3 Å². The summed E-state index contributed by atoms with van der Waals surface area (Å²) < 4.78 is 5.41. The summed E-state index contributed by atoms with van der Waals surface area (Å²) in [6.07, 6.45) is 1.58. The Morgan fingerprint density at radius 3 is 2.79 bits per heavy atom. The molecule has 0 fully saturated rings. The van der Waals surface area contributed by atoms with Crippen molar-refractivity contribution in [2.75, 3.05) is 18.9 Å². The molecule has 148 valence electrons. The standard InChI is InChI=1S/C21H20N4O3S/c1-13-5-7-14(8-6-13)22-18(26)11-25(2)10-17-23-20(27)19-15(12-29-21(19)24-17)16-4-3-9-28-16/h3-9,12H,10-11H2,1-2H3,(H,22,26)(H,23,24,27)/p+1. The molecule has 1 atom stereocenters. The van der Waals surface area contributed by atoms with Crippen molar-refractivity contribution in [1.82, 2.24) is 9.97 Å². The van der Waals surface area contributed by atoms with Crippen molar-refractivity contribution in [1.29, 1.82) is 0 Å². The summed E-state index contributed by atoms with van der Waals surface area (Å²) in [6, 6.07) is 11.3. The first-order chi connectivity index (χ1) is 14.0. The molecule has 3 aromatic heterocycles. The van der Waals surface area contributed by atoms with Crippen LogP contribution in [0.3, 0.4) is 0 Å². The lowest BCUT2D eigenvalue weighted by Crippen LogP contribution is -3.08. The predicted molar refractivity (Wildman–Crippen MR) is 113 cm³/mol. The number of aryl methyl sites for hydroxylation is 1. The molecule has 3 heterocycles. The number of carbonyl (C=O) groups is 1. The van der Waals surface area contributed by atoms with Crippen LogP contribution in [0.5, 0.6) is 0 Å². The molecule has 0 spiro atoms. The van der Waals surface area contributed by atoms with Crippen LogP contribution in [0.2, 0.25) is 0 Å². The van der Waals surface area contributed by atoms with Crippen LogP contribution in [0.25, 0.3) is 21.5 Å². The number of benzene rings is 1. The number of furan rings is 1. The second-order valence-electron chi connectivity index (χ2n) is 7.04. The Morgan fingerprint density at radius 1 is 1.28 bits per heavy atom. The lowest BCUT2D eigenvalue weighted by Gasteiger charge is -2.13. The van der Waals surface area contributed by atoms with Gasteiger partial charge >= 0.3 is 0 Å². The quantitative estimate of drug-likeness (QED) is 0.455. The average molecular weight is 409 g/mol. The number of nitrogens with zero attached hydrogens (tertiary/aromatic N) is 1. The summed E-state index contributed by atoms with van der Waals surface area (Å²) in [4.78, 5) is 33.9. The predicted octanol–water partition coefficient (Wildman–Crippen LogP) is 2.21. The summed E-state index contributed by atoms with van der Waals surface area (Å²) in [6.45, 7) is 2.69. The number of thiophene rings is 1. The van der Waals surface area contributed by atoms with Crippen molar-refractivity contribution in [3.8, 4) is 11.3 Å². The molecule has 1 amide bonds. The van der Waals surface area contributed by atoms with Gasteiger partial charge in [-0.25, -0.2) is 4.98 Å². The Balaban J connectivity index is 1.45. The van der Waals surface area contributed by atoms with Crippen LogP contribution in [0.15, 0.2) is 57.3 Å². The van der Waals surface area contributed by atoms with Crippen LogP contribution in [0.4, 0.5) is 5.69 Å². The fraction of sp³-hybridized carbons (Fsp3) is 0.190. The van der Waals surface area contributed by atoms with E-state index in [9.17, 15) is 9.59 Å². The summed E-state index contributed by atoms with van der Waals surface area (Å²) in [5, 5.41) is 5.29. The maximum atomic E-state index is 12.6. The fourth-order valence-corrected chi connectivity index (χ4v) is 4.10. The van der Waals surface area contributed by atoms with E-state index in [0.717, 1.165) is 21.7 Å². The highest BCUT2D eigenvalue weighted by Gasteiger charge is 2.17. The molecule has 29 heavy (non-hydrogen) atoms. The summed E-state index contributed by atoms with van der Waals surface area (Å²) in [5.41, 5.74) is 2.45. The summed E-state index contributed by atoms with van der Waals surface area (Å²) in [5.74, 6) is 1.11. The van der Waals surface area contributed by atoms with Crippen molar-refractivity contribution < 1.29 is 14.1 Å². The zero-order valence-electron chi connectivity index (χ0n) is 16.1. The molecule has 1 aromatic carbocycles. The number of rotatable bonds is 6. The minimum absolute atomic E-state index is 0.0917. The second kappa shape index (κ2) is 8.02. The third-order valence-corrected chi connectivity index (χ3v) is 5.42. The molecule has 4 rings (SSSR count). The Hall–Kier alpha value is -3.23. The molecule has 0 aliphatic heterocycles. The van der Waals surface area contributed by atoms with E-state index in [0.29, 0.717) is 28.3 Å². The highest BCUT2D eigenvalue weighted by molar-refractivity contribution is 7.17. The number of likely N-dealkylation sites (N-methyl/N-ethyl adjacent to an activating group) is 1. The molecule has 3 N–H and O–H groups in total. The third-order valence-electron chi connectivity index (χ3n) is 4.55. The zero-order valence-corrected chi connectivity index (χ0v) is 16.9. The molecular weight excluding hydrogens is 388 g/mol. The smallest absolute Gasteiger partial charge is 0.279 e. The van der Waals surface area contributed by atoms with Crippen LogP contribution < -0.4 is 15.8 Å². The molecule has 7 nitrogen and oxygen atoms in total. The minimum atomic E-state index is -0.199. The minimum Gasteiger partial charge on any atom is -0.464 e. The van der Waals surface area contributed by atoms with Gasteiger partial charge in [0.25, 0.3) is 11.5 Å². The molecule has 0 saturated heterocycles. The summed E-state index contributed by atoms with van der Waals surface area (Å²) in [7, 11) is 1.89. The normalized spacial score (nSPS) is 12.2. The first-order valence-corrected chi connectivity index (χ1v) is 10.1. The second-order valence-corrected chi connectivity index (χ2v) is 7.90. The van der Waals surface area contributed by atoms with Crippen molar-refractivity contribution in [3.63, 3.8) is 0 Å². The van der Waals surface area contributed by atoms with Crippen LogP contribution in [-0.4, -0.2) is 29.5 Å². The van der Waals surface area contributed by atoms with E-state index in [4.69, 9.17) is 4.42 Å². The van der Waals surface area contributed by atoms with Crippen LogP contribution in [0, 0.1) is 6.92 Å². The monoisotopic (exact) mass is 409 g/mol. The lowest BCUT2D eigenvalue weighted by atomic mass is 10.2. The van der Waals surface area contributed by atoms with Gasteiger partial charge in [0.05, 0.1) is 18.7 Å². The number of hydrogen-bond acceptors (Lipinski definition) is 5. The van der Waals surface area contributed by atoms with Gasteiger partial charge in [0, 0.05) is 16.6 Å². The van der Waals surface area contributed by atoms with Gasteiger partial charge in [-0.05, 0) is 31.2 Å². The van der Waals surface area contributed by atoms with Gasteiger partial charge in [-0.1, -0.05) is 17.7 Å². The molecule has 0 aliphatic rings. The van der Waals surface area contributed by atoms with E-state index in [-0.39, 0.29) is 18.0 Å². The zero-order chi connectivity index (χ0) is 20.4. The maximum absolute atomic E-state index is 12.6. The van der Waals surface area contributed by atoms with Crippen LogP contribution in [-0.2, 0) is 11.3 Å². The van der Waals surface area contributed by atoms with Gasteiger partial charge in [0.15, 0.2) is 12.4 Å². The van der Waals surface area contributed by atoms with E-state index >= 15 is 0 Å². The van der Waals surface area contributed by atoms with Crippen molar-refractivity contribution >= 4 is 33.1 Å². The average Bonchev–Trinajstić information content (AvgIpc) is 3.32. The van der Waals surface area contributed by atoms with E-state index in [2.05, 4.69) is 15.3 Å². The van der Waals surface area contributed by atoms with E-state index < -0.39 is 0 Å². The number of nitrogens with one attached hydrogen (secondary N) is 3. The number of aromatic amines is 1. The lowest BCUT2D eigenvalue weighted by molar-refractivity contribution is -0.885. The number of quaternary nitrogens is 1. The van der Waals surface area contributed by atoms with Gasteiger partial charge in [-0.3, -0.25) is 9.59 Å². The SMILES string of the molecule is Cc1ccc(NC(=O)C[NH+](C)Cc2nc3scc(-c4ccco4)c3c(=O)[nH]2)cc1. The van der Waals surface area contributed by atoms with Crippen molar-refractivity contribution in [2.45, 2.75) is 13.5 Å². The molecular formula is C21H21N4O3S+. The third kappa shape index (κ3) is 4.28. The number of aromatic nitrogens is 2. The maximum Gasteiger partial charge on any atom is 0.279 e. The molecule has 0 aliphatic carbocycles. The first-order valence-electron chi connectivity index (χ1n) is 9.21. The highest BCUT2D eigenvalue weighted by Crippen LogP contribution is 2.30. The van der Waals surface area contributed by atoms with Crippen LogP contribution in [0.1, 0.15) is 11.4 Å². The number of H-pyrrole nitrogens is 1. The van der Waals surface area contributed by atoms with Crippen molar-refractivity contribution in [2.24, 2.45) is 0 Å². The number of hydrogen-bond donors (Lipinski definition) is 3. The number of anilines is 1. The molecule has 0 radical (unpaired) electrons. The molecule has 4 aromatic rings. The Kier molecular flexibility index (Phi) is 5.28.